The number of carbonyl (C=O) groups is 2. The zero-order valence-corrected chi connectivity index (χ0v) is 21.5. The topological polar surface area (TPSA) is 78.8 Å². The number of carbonyl (C=O) groups excluding carboxylic acids is 2. The molecule has 1 N–H and O–H groups in total. The molecule has 3 aromatic carbocycles. The highest BCUT2D eigenvalue weighted by Gasteiger charge is 2.44. The monoisotopic (exact) mass is 558 g/mol. The van der Waals surface area contributed by atoms with Gasteiger partial charge in [0.25, 0.3) is 5.91 Å². The summed E-state index contributed by atoms with van der Waals surface area (Å²) in [6.45, 7) is 3.62. The number of alkyl halides is 3. The predicted octanol–water partition coefficient (Wildman–Crippen LogP) is 6.91. The molecule has 1 aliphatic rings. The molecule has 0 unspecified atom stereocenters. The summed E-state index contributed by atoms with van der Waals surface area (Å²) < 4.78 is 56.2. The van der Waals surface area contributed by atoms with E-state index in [1.807, 2.05) is 23.6 Å². The van der Waals surface area contributed by atoms with Crippen molar-refractivity contribution in [3.8, 4) is 17.2 Å². The van der Waals surface area contributed by atoms with Gasteiger partial charge in [-0.1, -0.05) is 35.9 Å². The number of nitrogens with zero attached hydrogens (tertiary/aromatic N) is 1. The minimum absolute atomic E-state index is 0.151. The van der Waals surface area contributed by atoms with Gasteiger partial charge in [-0.2, -0.15) is 0 Å². The fraction of sp³-hybridized carbons (Fsp3) is 0.214. The van der Waals surface area contributed by atoms with Crippen molar-refractivity contribution in [1.82, 2.24) is 9.88 Å². The molecule has 0 bridgehead atoms. The Labute approximate surface area is 226 Å². The molecule has 1 saturated heterocycles. The first kappa shape index (κ1) is 26.4. The molecule has 5 rings (SSSR count). The van der Waals surface area contributed by atoms with Crippen LogP contribution in [-0.4, -0.2) is 28.5 Å². The first-order valence-electron chi connectivity index (χ1n) is 11.8. The number of hydrogen-bond acceptors (Lipinski definition) is 5. The molecule has 1 fully saturated rings. The van der Waals surface area contributed by atoms with Crippen LogP contribution in [0.5, 0.6) is 17.2 Å². The Balaban J connectivity index is 1.52. The minimum atomic E-state index is -4.84. The molecule has 0 saturated carbocycles. The van der Waals surface area contributed by atoms with Crippen molar-refractivity contribution in [2.75, 3.05) is 0 Å². The van der Waals surface area contributed by atoms with Crippen LogP contribution in [0.4, 0.5) is 18.0 Å². The van der Waals surface area contributed by atoms with E-state index in [4.69, 9.17) is 21.1 Å². The summed E-state index contributed by atoms with van der Waals surface area (Å²) in [6, 6.07) is 18.1. The van der Waals surface area contributed by atoms with Gasteiger partial charge >= 0.3 is 12.5 Å². The molecular formula is C28H22ClF3N2O5. The lowest BCUT2D eigenvalue weighted by molar-refractivity contribution is -0.274. The van der Waals surface area contributed by atoms with Crippen molar-refractivity contribution >= 4 is 34.5 Å². The van der Waals surface area contributed by atoms with Gasteiger partial charge in [0.05, 0.1) is 11.2 Å². The average molecular weight is 559 g/mol. The van der Waals surface area contributed by atoms with Crippen molar-refractivity contribution < 1.29 is 37.0 Å². The Morgan fingerprint density at radius 2 is 1.69 bits per heavy atom. The maximum Gasteiger partial charge on any atom is 0.573 e. The van der Waals surface area contributed by atoms with Crippen LogP contribution >= 0.6 is 11.6 Å². The molecule has 2 amide bonds. The van der Waals surface area contributed by atoms with Gasteiger partial charge < -0.3 is 18.8 Å². The molecule has 0 radical (unpaired) electrons. The number of benzene rings is 3. The first-order chi connectivity index (χ1) is 18.4. The molecule has 4 aromatic rings. The molecule has 202 valence electrons. The quantitative estimate of drug-likeness (QED) is 0.267. The van der Waals surface area contributed by atoms with Crippen LogP contribution in [0, 0.1) is 6.92 Å². The van der Waals surface area contributed by atoms with Gasteiger partial charge in [0.15, 0.2) is 11.4 Å². The molecule has 0 spiro atoms. The fourth-order valence-electron chi connectivity index (χ4n) is 4.60. The van der Waals surface area contributed by atoms with Gasteiger partial charge in [0, 0.05) is 29.4 Å². The number of fused-ring (bicyclic) bond motifs is 1. The summed E-state index contributed by atoms with van der Waals surface area (Å²) in [6.07, 6.45) is -5.49. The maximum absolute atomic E-state index is 13.0. The van der Waals surface area contributed by atoms with Gasteiger partial charge in [-0.3, -0.25) is 10.1 Å². The normalized spacial score (nSPS) is 17.3. The number of nitrogens with one attached hydrogen (secondary N) is 1. The van der Waals surface area contributed by atoms with Gasteiger partial charge in [-0.25, -0.2) is 4.79 Å². The van der Waals surface area contributed by atoms with E-state index in [0.717, 1.165) is 11.1 Å². The lowest BCUT2D eigenvalue weighted by atomic mass is 9.95. The highest BCUT2D eigenvalue weighted by molar-refractivity contribution is 6.30. The number of amides is 2. The van der Waals surface area contributed by atoms with E-state index >= 15 is 0 Å². The number of aromatic nitrogens is 1. The predicted molar refractivity (Wildman–Crippen MR) is 137 cm³/mol. The Morgan fingerprint density at radius 1 is 1.00 bits per heavy atom. The molecule has 1 atom stereocenters. The highest BCUT2D eigenvalue weighted by atomic mass is 35.5. The number of ether oxygens (including phenoxy) is 3. The highest BCUT2D eigenvalue weighted by Crippen LogP contribution is 2.39. The van der Waals surface area contributed by atoms with Crippen LogP contribution in [0.2, 0.25) is 5.02 Å². The van der Waals surface area contributed by atoms with E-state index in [2.05, 4.69) is 10.1 Å². The lowest BCUT2D eigenvalue weighted by Crippen LogP contribution is -2.38. The summed E-state index contributed by atoms with van der Waals surface area (Å²) in [5.41, 5.74) is 1.36. The van der Waals surface area contributed by atoms with Gasteiger partial charge in [-0.05, 0) is 61.4 Å². The second kappa shape index (κ2) is 9.85. The van der Waals surface area contributed by atoms with E-state index in [0.29, 0.717) is 33.1 Å². The third-order valence-electron chi connectivity index (χ3n) is 6.39. The van der Waals surface area contributed by atoms with E-state index in [1.165, 1.54) is 25.1 Å². The van der Waals surface area contributed by atoms with Crippen LogP contribution in [0.3, 0.4) is 0 Å². The second-order valence-corrected chi connectivity index (χ2v) is 9.79. The van der Waals surface area contributed by atoms with Crippen molar-refractivity contribution in [2.45, 2.75) is 38.8 Å². The molecule has 7 nitrogen and oxygen atoms in total. The summed E-state index contributed by atoms with van der Waals surface area (Å²) >= 11 is 5.98. The van der Waals surface area contributed by atoms with Crippen LogP contribution < -0.4 is 14.8 Å². The van der Waals surface area contributed by atoms with Crippen molar-refractivity contribution in [2.24, 2.45) is 0 Å². The smallest absolute Gasteiger partial charge is 0.455 e. The number of alkyl carbamates (subject to hydrolysis) is 1. The van der Waals surface area contributed by atoms with Crippen molar-refractivity contribution in [1.29, 1.82) is 0 Å². The van der Waals surface area contributed by atoms with E-state index < -0.39 is 24.0 Å². The first-order valence-corrected chi connectivity index (χ1v) is 12.2. The van der Waals surface area contributed by atoms with E-state index in [9.17, 15) is 22.8 Å². The van der Waals surface area contributed by atoms with E-state index in [-0.39, 0.29) is 18.7 Å². The summed E-state index contributed by atoms with van der Waals surface area (Å²) in [4.78, 5) is 23.7. The number of hydrogen-bond donors (Lipinski definition) is 1. The molecule has 11 heteroatoms. The zero-order chi connectivity index (χ0) is 27.9. The fourth-order valence-corrected chi connectivity index (χ4v) is 4.73. The molecule has 0 aliphatic carbocycles. The van der Waals surface area contributed by atoms with Gasteiger partial charge in [0.2, 0.25) is 0 Å². The van der Waals surface area contributed by atoms with Crippen LogP contribution in [0.25, 0.3) is 10.9 Å². The molecule has 1 aliphatic heterocycles. The molecule has 1 aromatic heterocycles. The third-order valence-corrected chi connectivity index (χ3v) is 6.64. The Hall–Kier alpha value is -4.18. The van der Waals surface area contributed by atoms with Crippen molar-refractivity contribution in [3.05, 3.63) is 88.6 Å². The number of cyclic esters (lactones) is 1. The van der Waals surface area contributed by atoms with Crippen LogP contribution in [-0.2, 0) is 22.5 Å². The average Bonchev–Trinajstić information content (AvgIpc) is 3.25. The molecule has 2 heterocycles. The summed E-state index contributed by atoms with van der Waals surface area (Å²) in [5, 5.41) is 3.27. The standard InChI is InChI=1S/C28H22ClF3N2O5/c1-16-24(37-20-8-6-19(29)7-9-20)22-11-10-21(38-28(30,31)32)13-23(22)34(16)15-18-5-3-4-17(12-18)14-27(2)25(35)33-26(36)39-27/h3-13H,14-15H2,1-2H3,(H,33,35,36)/t27-/m1/s1. The largest absolute Gasteiger partial charge is 0.573 e. The number of imide groups is 1. The lowest BCUT2D eigenvalue weighted by Gasteiger charge is -2.19. The molecular weight excluding hydrogens is 537 g/mol. The SMILES string of the molecule is Cc1c(Oc2ccc(Cl)cc2)c2ccc(OC(F)(F)F)cc2n1Cc1cccc(C[C@@]2(C)OC(=O)NC2=O)c1. The summed E-state index contributed by atoms with van der Waals surface area (Å²) in [5.74, 6) is 0.106. The van der Waals surface area contributed by atoms with Gasteiger partial charge in [0.1, 0.15) is 11.5 Å². The number of rotatable bonds is 7. The van der Waals surface area contributed by atoms with Crippen LogP contribution in [0.15, 0.2) is 66.7 Å². The Kier molecular flexibility index (Phi) is 6.67. The van der Waals surface area contributed by atoms with Gasteiger partial charge in [-0.15, -0.1) is 13.2 Å². The van der Waals surface area contributed by atoms with Crippen molar-refractivity contribution in [3.63, 3.8) is 0 Å². The summed E-state index contributed by atoms with van der Waals surface area (Å²) in [7, 11) is 0. The van der Waals surface area contributed by atoms with Crippen LogP contribution in [0.1, 0.15) is 23.7 Å². The zero-order valence-electron chi connectivity index (χ0n) is 20.8. The third kappa shape index (κ3) is 5.65. The Bertz CT molecular complexity index is 1580. The molecule has 39 heavy (non-hydrogen) atoms. The number of halogens is 4. The minimum Gasteiger partial charge on any atom is -0.455 e. The second-order valence-electron chi connectivity index (χ2n) is 9.35. The van der Waals surface area contributed by atoms with E-state index in [1.54, 1.807) is 36.4 Å². The Morgan fingerprint density at radius 3 is 2.36 bits per heavy atom. The maximum atomic E-state index is 13.0.